The van der Waals surface area contributed by atoms with Crippen LogP contribution in [-0.4, -0.2) is 71.9 Å². The topological polar surface area (TPSA) is 124 Å². The second-order valence-corrected chi connectivity index (χ2v) is 12.2. The van der Waals surface area contributed by atoms with Gasteiger partial charge in [-0.05, 0) is 54.5 Å². The quantitative estimate of drug-likeness (QED) is 0.492. The van der Waals surface area contributed by atoms with E-state index in [4.69, 9.17) is 25.8 Å². The van der Waals surface area contributed by atoms with Crippen LogP contribution in [0.25, 0.3) is 11.2 Å². The summed E-state index contributed by atoms with van der Waals surface area (Å²) in [5.41, 5.74) is 2.83. The molecule has 1 aliphatic carbocycles. The molecule has 3 aliphatic rings. The van der Waals surface area contributed by atoms with Gasteiger partial charge in [-0.25, -0.2) is 17.8 Å². The molecule has 36 heavy (non-hydrogen) atoms. The maximum atomic E-state index is 15.1. The molecule has 4 heterocycles. The first-order valence-corrected chi connectivity index (χ1v) is 13.9. The summed E-state index contributed by atoms with van der Waals surface area (Å²) in [6.45, 7) is 2.02. The molecule has 12 heteroatoms. The normalized spacial score (nSPS) is 27.5. The standard InChI is InChI=1S/C24H25ClFN3O6S/c1-2-36(31,32)13-5-11-3-4-12(20(11)15(26)7-13)6-16-14(25)8-17-23(27-16)29-24(28-17)35-19-10-34-21-18(30)9-33-22(19)21/h5,7-8,12,18-19,21-22,30H,2-4,6,9-10H2,1H3,(H,27,28,29)/t12?,18-,19-,21-,22-/m1/s1. The second kappa shape index (κ2) is 8.91. The summed E-state index contributed by atoms with van der Waals surface area (Å²) in [6, 6.07) is 4.67. The number of fused-ring (bicyclic) bond motifs is 3. The number of hydrogen-bond donors (Lipinski definition) is 2. The van der Waals surface area contributed by atoms with Crippen LogP contribution >= 0.6 is 11.6 Å². The number of aryl methyl sites for hydroxylation is 1. The Morgan fingerprint density at radius 2 is 2.03 bits per heavy atom. The van der Waals surface area contributed by atoms with E-state index in [2.05, 4.69) is 15.0 Å². The van der Waals surface area contributed by atoms with Gasteiger partial charge in [0, 0.05) is 0 Å². The van der Waals surface area contributed by atoms with E-state index in [9.17, 15) is 13.5 Å². The third-order valence-electron chi connectivity index (χ3n) is 7.26. The molecular formula is C24H25ClFN3O6S. The lowest BCUT2D eigenvalue weighted by atomic mass is 9.95. The zero-order valence-electron chi connectivity index (χ0n) is 19.4. The highest BCUT2D eigenvalue weighted by Gasteiger charge is 2.48. The van der Waals surface area contributed by atoms with Gasteiger partial charge in [0.25, 0.3) is 6.01 Å². The Kier molecular flexibility index (Phi) is 5.95. The maximum Gasteiger partial charge on any atom is 0.296 e. The minimum atomic E-state index is -3.49. The number of sulfone groups is 1. The number of aromatic nitrogens is 3. The van der Waals surface area contributed by atoms with E-state index in [0.717, 1.165) is 11.6 Å². The lowest BCUT2D eigenvalue weighted by Gasteiger charge is -2.15. The van der Waals surface area contributed by atoms with Crippen molar-refractivity contribution in [1.29, 1.82) is 0 Å². The molecule has 1 unspecified atom stereocenters. The summed E-state index contributed by atoms with van der Waals surface area (Å²) in [6.07, 6.45) is -0.210. The Bertz CT molecular complexity index is 1450. The minimum absolute atomic E-state index is 0.0278. The van der Waals surface area contributed by atoms with Crippen molar-refractivity contribution in [3.8, 4) is 6.01 Å². The predicted octanol–water partition coefficient (Wildman–Crippen LogP) is 2.72. The van der Waals surface area contributed by atoms with Crippen LogP contribution in [0.15, 0.2) is 23.1 Å². The van der Waals surface area contributed by atoms with Crippen molar-refractivity contribution in [3.05, 3.63) is 45.9 Å². The van der Waals surface area contributed by atoms with Crippen LogP contribution in [-0.2, 0) is 32.2 Å². The first-order valence-electron chi connectivity index (χ1n) is 11.9. The number of hydrogen-bond acceptors (Lipinski definition) is 8. The molecule has 6 rings (SSSR count). The van der Waals surface area contributed by atoms with Crippen molar-refractivity contribution in [3.63, 3.8) is 0 Å². The SMILES string of the molecule is CCS(=O)(=O)c1cc(F)c2c(c1)CCC2Cc1nc2nc(O[C@@H]3CO[C@H]4[C@@H]3OC[C@H]4O)[nH]c2cc1Cl. The van der Waals surface area contributed by atoms with Crippen molar-refractivity contribution in [2.24, 2.45) is 0 Å². The van der Waals surface area contributed by atoms with Crippen LogP contribution in [0.4, 0.5) is 4.39 Å². The highest BCUT2D eigenvalue weighted by atomic mass is 35.5. The van der Waals surface area contributed by atoms with E-state index in [1.807, 2.05) is 0 Å². The average molecular weight is 538 g/mol. The molecular weight excluding hydrogens is 513 g/mol. The largest absolute Gasteiger partial charge is 0.456 e. The van der Waals surface area contributed by atoms with Crippen molar-refractivity contribution < 1.29 is 32.1 Å². The molecule has 1 aromatic carbocycles. The van der Waals surface area contributed by atoms with Gasteiger partial charge < -0.3 is 24.3 Å². The molecule has 2 saturated heterocycles. The van der Waals surface area contributed by atoms with Gasteiger partial charge in [-0.3, -0.25) is 0 Å². The molecule has 0 radical (unpaired) electrons. The molecule has 3 aromatic rings. The molecule has 2 aliphatic heterocycles. The summed E-state index contributed by atoms with van der Waals surface area (Å²) in [4.78, 5) is 12.1. The Hall–Kier alpha value is -2.31. The number of ether oxygens (including phenoxy) is 3. The number of rotatable bonds is 6. The molecule has 9 nitrogen and oxygen atoms in total. The van der Waals surface area contributed by atoms with Gasteiger partial charge in [0.2, 0.25) is 0 Å². The summed E-state index contributed by atoms with van der Waals surface area (Å²) < 4.78 is 56.6. The van der Waals surface area contributed by atoms with Gasteiger partial charge in [0.1, 0.15) is 24.1 Å². The Balaban J connectivity index is 1.23. The molecule has 5 atom stereocenters. The molecule has 0 saturated carbocycles. The Morgan fingerprint density at radius 1 is 1.22 bits per heavy atom. The minimum Gasteiger partial charge on any atom is -0.456 e. The number of nitrogens with zero attached hydrogens (tertiary/aromatic N) is 2. The number of aromatic amines is 1. The van der Waals surface area contributed by atoms with Gasteiger partial charge in [0.15, 0.2) is 21.6 Å². The molecule has 0 bridgehead atoms. The first-order chi connectivity index (χ1) is 17.2. The molecule has 0 spiro atoms. The van der Waals surface area contributed by atoms with Gasteiger partial charge in [-0.2, -0.15) is 4.98 Å². The Morgan fingerprint density at radius 3 is 2.83 bits per heavy atom. The summed E-state index contributed by atoms with van der Waals surface area (Å²) in [7, 11) is -3.49. The molecule has 2 N–H and O–H groups in total. The summed E-state index contributed by atoms with van der Waals surface area (Å²) in [5, 5.41) is 10.3. The van der Waals surface area contributed by atoms with E-state index >= 15 is 4.39 Å². The van der Waals surface area contributed by atoms with Crippen LogP contribution in [0.1, 0.15) is 36.1 Å². The van der Waals surface area contributed by atoms with Crippen molar-refractivity contribution in [2.45, 2.75) is 61.4 Å². The number of halogens is 2. The van der Waals surface area contributed by atoms with Crippen LogP contribution in [0.5, 0.6) is 6.01 Å². The third kappa shape index (κ3) is 4.06. The zero-order chi connectivity index (χ0) is 25.2. The number of benzene rings is 1. The molecule has 2 fully saturated rings. The first kappa shape index (κ1) is 24.1. The Labute approximate surface area is 211 Å². The zero-order valence-corrected chi connectivity index (χ0v) is 21.0. The molecule has 0 amide bonds. The van der Waals surface area contributed by atoms with Crippen LogP contribution in [0, 0.1) is 5.82 Å². The number of aliphatic hydroxyl groups excluding tert-OH is 1. The van der Waals surface area contributed by atoms with Crippen LogP contribution in [0.3, 0.4) is 0 Å². The smallest absolute Gasteiger partial charge is 0.296 e. The number of imidazole rings is 1. The summed E-state index contributed by atoms with van der Waals surface area (Å²) >= 11 is 6.53. The van der Waals surface area contributed by atoms with Crippen LogP contribution < -0.4 is 4.74 Å². The lowest BCUT2D eigenvalue weighted by Crippen LogP contribution is -2.34. The fraction of sp³-hybridized carbons (Fsp3) is 0.500. The number of aliphatic hydroxyl groups is 1. The summed E-state index contributed by atoms with van der Waals surface area (Å²) in [5.74, 6) is -0.756. The van der Waals surface area contributed by atoms with Gasteiger partial charge >= 0.3 is 0 Å². The predicted molar refractivity (Wildman–Crippen MR) is 128 cm³/mol. The monoisotopic (exact) mass is 537 g/mol. The number of pyridine rings is 1. The number of nitrogens with one attached hydrogen (secondary N) is 1. The van der Waals surface area contributed by atoms with Gasteiger partial charge in [0.05, 0.1) is 40.1 Å². The van der Waals surface area contributed by atoms with E-state index in [0.29, 0.717) is 46.7 Å². The highest BCUT2D eigenvalue weighted by molar-refractivity contribution is 7.91. The fourth-order valence-electron chi connectivity index (χ4n) is 5.39. The maximum absolute atomic E-state index is 15.1. The average Bonchev–Trinajstić information content (AvgIpc) is 3.61. The fourth-order valence-corrected chi connectivity index (χ4v) is 6.56. The van der Waals surface area contributed by atoms with Gasteiger partial charge in [-0.15, -0.1) is 0 Å². The van der Waals surface area contributed by atoms with E-state index in [1.165, 1.54) is 0 Å². The number of H-pyrrole nitrogens is 1. The van der Waals surface area contributed by atoms with E-state index in [1.54, 1.807) is 19.1 Å². The van der Waals surface area contributed by atoms with E-state index in [-0.39, 0.29) is 41.9 Å². The van der Waals surface area contributed by atoms with E-state index < -0.39 is 34.0 Å². The van der Waals surface area contributed by atoms with Crippen molar-refractivity contribution in [1.82, 2.24) is 15.0 Å². The van der Waals surface area contributed by atoms with Crippen molar-refractivity contribution >= 4 is 32.6 Å². The highest BCUT2D eigenvalue weighted by Crippen LogP contribution is 2.40. The van der Waals surface area contributed by atoms with Gasteiger partial charge in [-0.1, -0.05) is 18.5 Å². The molecule has 2 aromatic heterocycles. The second-order valence-electron chi connectivity index (χ2n) is 9.47. The molecule has 192 valence electrons. The van der Waals surface area contributed by atoms with Crippen molar-refractivity contribution in [2.75, 3.05) is 19.0 Å². The van der Waals surface area contributed by atoms with Crippen LogP contribution in [0.2, 0.25) is 5.02 Å². The third-order valence-corrected chi connectivity index (χ3v) is 9.30. The lowest BCUT2D eigenvalue weighted by molar-refractivity contribution is 0.00706.